The molecule has 1 aliphatic heterocycles. The molecular weight excluding hydrogens is 274 g/mol. The third kappa shape index (κ3) is 2.10. The topological polar surface area (TPSA) is 46.2 Å². The van der Waals surface area contributed by atoms with E-state index >= 15 is 0 Å². The van der Waals surface area contributed by atoms with Gasteiger partial charge in [-0.25, -0.2) is 0 Å². The highest BCUT2D eigenvalue weighted by atomic mass is 35.5. The third-order valence-corrected chi connectivity index (χ3v) is 3.78. The second-order valence-electron chi connectivity index (χ2n) is 4.70. The molecule has 0 aromatic heterocycles. The molecule has 1 aliphatic rings. The molecule has 0 bridgehead atoms. The summed E-state index contributed by atoms with van der Waals surface area (Å²) in [7, 11) is 0. The molecule has 0 saturated heterocycles. The zero-order valence-corrected chi connectivity index (χ0v) is 11.4. The van der Waals surface area contributed by atoms with E-state index in [0.717, 1.165) is 16.7 Å². The number of carbonyl (C=O) groups excluding carboxylic acids is 2. The molecule has 1 N–H and O–H groups in total. The maximum Gasteiger partial charge on any atom is 0.259 e. The van der Waals surface area contributed by atoms with Crippen molar-refractivity contribution in [2.24, 2.45) is 0 Å². The Balaban J connectivity index is 2.05. The van der Waals surface area contributed by atoms with Crippen LogP contribution in [0.3, 0.4) is 0 Å². The first-order valence-electron chi connectivity index (χ1n) is 6.31. The van der Waals surface area contributed by atoms with Crippen LogP contribution < -0.4 is 5.32 Å². The van der Waals surface area contributed by atoms with Gasteiger partial charge in [0.25, 0.3) is 11.8 Å². The number of amides is 2. The van der Waals surface area contributed by atoms with Crippen LogP contribution in [0.4, 0.5) is 0 Å². The van der Waals surface area contributed by atoms with Gasteiger partial charge >= 0.3 is 0 Å². The summed E-state index contributed by atoms with van der Waals surface area (Å²) in [6.07, 6.45) is 0.590. The number of hydrogen-bond acceptors (Lipinski definition) is 2. The molecule has 2 aromatic carbocycles. The highest BCUT2D eigenvalue weighted by Crippen LogP contribution is 2.24. The normalized spacial score (nSPS) is 13.2. The number of carbonyl (C=O) groups is 2. The van der Waals surface area contributed by atoms with E-state index < -0.39 is 0 Å². The van der Waals surface area contributed by atoms with E-state index in [1.165, 1.54) is 0 Å². The van der Waals surface area contributed by atoms with Crippen LogP contribution in [0.15, 0.2) is 42.5 Å². The number of benzene rings is 2. The summed E-state index contributed by atoms with van der Waals surface area (Å²) in [5.74, 6) is -0.211. The van der Waals surface area contributed by atoms with Crippen molar-refractivity contribution in [3.63, 3.8) is 0 Å². The molecule has 0 fully saturated rings. The molecule has 3 rings (SSSR count). The number of alkyl halides is 1. The van der Waals surface area contributed by atoms with E-state index in [1.54, 1.807) is 12.1 Å². The van der Waals surface area contributed by atoms with Crippen molar-refractivity contribution in [2.45, 2.75) is 12.3 Å². The van der Waals surface area contributed by atoms with Gasteiger partial charge < -0.3 is 0 Å². The van der Waals surface area contributed by atoms with Crippen LogP contribution in [0.2, 0.25) is 0 Å². The number of imide groups is 1. The fraction of sp³-hybridized carbons (Fsp3) is 0.125. The Bertz CT molecular complexity index is 709. The maximum atomic E-state index is 11.9. The van der Waals surface area contributed by atoms with Crippen LogP contribution in [0.1, 0.15) is 37.4 Å². The van der Waals surface area contributed by atoms with Crippen LogP contribution in [-0.4, -0.2) is 11.8 Å². The molecule has 1 heterocycles. The number of hydrogen-bond donors (Lipinski definition) is 1. The number of halogens is 1. The van der Waals surface area contributed by atoms with Gasteiger partial charge in [0, 0.05) is 5.88 Å². The summed E-state index contributed by atoms with van der Waals surface area (Å²) in [4.78, 5) is 23.5. The van der Waals surface area contributed by atoms with Gasteiger partial charge in [0.1, 0.15) is 0 Å². The van der Waals surface area contributed by atoms with Crippen molar-refractivity contribution < 1.29 is 9.59 Å². The van der Waals surface area contributed by atoms with Crippen molar-refractivity contribution in [3.05, 3.63) is 70.3 Å². The maximum absolute atomic E-state index is 11.9. The van der Waals surface area contributed by atoms with Crippen molar-refractivity contribution in [1.82, 2.24) is 5.32 Å². The molecule has 0 saturated carbocycles. The predicted molar refractivity (Wildman–Crippen MR) is 77.0 cm³/mol. The number of nitrogens with one attached hydrogen (secondary N) is 1. The van der Waals surface area contributed by atoms with Crippen molar-refractivity contribution in [1.29, 1.82) is 0 Å². The quantitative estimate of drug-likeness (QED) is 0.696. The Morgan fingerprint density at radius 1 is 0.850 bits per heavy atom. The Morgan fingerprint density at radius 2 is 1.55 bits per heavy atom. The van der Waals surface area contributed by atoms with Crippen molar-refractivity contribution in [3.8, 4) is 0 Å². The number of rotatable bonds is 3. The molecular formula is C16H12ClNO2. The van der Waals surface area contributed by atoms with Gasteiger partial charge in [-0.2, -0.15) is 0 Å². The molecule has 4 heteroatoms. The van der Waals surface area contributed by atoms with Gasteiger partial charge in [-0.05, 0) is 29.2 Å². The van der Waals surface area contributed by atoms with E-state index in [-0.39, 0.29) is 11.8 Å². The Morgan fingerprint density at radius 3 is 2.30 bits per heavy atom. The average Bonchev–Trinajstić information content (AvgIpc) is 2.76. The van der Waals surface area contributed by atoms with Crippen molar-refractivity contribution >= 4 is 23.4 Å². The second-order valence-corrected chi connectivity index (χ2v) is 4.97. The zero-order chi connectivity index (χ0) is 14.1. The summed E-state index contributed by atoms with van der Waals surface area (Å²) in [6, 6.07) is 13.2. The van der Waals surface area contributed by atoms with E-state index in [1.807, 2.05) is 30.3 Å². The highest BCUT2D eigenvalue weighted by molar-refractivity contribution is 6.22. The molecule has 0 unspecified atom stereocenters. The SMILES string of the molecule is O=C1NC(=O)c2c(Cc3ccccc3CCl)cccc21. The first kappa shape index (κ1) is 12.9. The molecule has 0 spiro atoms. The summed E-state index contributed by atoms with van der Waals surface area (Å²) in [6.45, 7) is 0. The largest absolute Gasteiger partial charge is 0.288 e. The number of fused-ring (bicyclic) bond motifs is 1. The van der Waals surface area contributed by atoms with Crippen LogP contribution >= 0.6 is 11.6 Å². The highest BCUT2D eigenvalue weighted by Gasteiger charge is 2.28. The van der Waals surface area contributed by atoms with Gasteiger partial charge in [0.05, 0.1) is 11.1 Å². The van der Waals surface area contributed by atoms with Crippen molar-refractivity contribution in [2.75, 3.05) is 0 Å². The first-order valence-corrected chi connectivity index (χ1v) is 6.84. The summed E-state index contributed by atoms with van der Waals surface area (Å²) >= 11 is 5.93. The van der Waals surface area contributed by atoms with E-state index in [4.69, 9.17) is 11.6 Å². The van der Waals surface area contributed by atoms with Gasteiger partial charge in [-0.3, -0.25) is 14.9 Å². The van der Waals surface area contributed by atoms with Crippen LogP contribution in [0, 0.1) is 0 Å². The van der Waals surface area contributed by atoms with E-state index in [0.29, 0.717) is 23.4 Å². The monoisotopic (exact) mass is 285 g/mol. The Labute approximate surface area is 121 Å². The lowest BCUT2D eigenvalue weighted by Gasteiger charge is -2.09. The summed E-state index contributed by atoms with van der Waals surface area (Å²) in [5, 5.41) is 2.33. The fourth-order valence-corrected chi connectivity index (χ4v) is 2.76. The Kier molecular flexibility index (Phi) is 3.28. The lowest BCUT2D eigenvalue weighted by molar-refractivity contribution is 0.0879. The lowest BCUT2D eigenvalue weighted by Crippen LogP contribution is -2.20. The molecule has 100 valence electrons. The van der Waals surface area contributed by atoms with Gasteiger partial charge in [-0.1, -0.05) is 36.4 Å². The third-order valence-electron chi connectivity index (χ3n) is 3.49. The lowest BCUT2D eigenvalue weighted by atomic mass is 9.95. The fourth-order valence-electron chi connectivity index (χ4n) is 2.50. The Hall–Kier alpha value is -2.13. The predicted octanol–water partition coefficient (Wildman–Crippen LogP) is 2.90. The first-order chi connectivity index (χ1) is 9.70. The van der Waals surface area contributed by atoms with E-state index in [2.05, 4.69) is 5.32 Å². The molecule has 2 amide bonds. The van der Waals surface area contributed by atoms with Crippen LogP contribution in [-0.2, 0) is 12.3 Å². The molecule has 0 radical (unpaired) electrons. The molecule has 0 aliphatic carbocycles. The average molecular weight is 286 g/mol. The summed E-state index contributed by atoms with van der Waals surface area (Å²) in [5.41, 5.74) is 3.90. The van der Waals surface area contributed by atoms with Crippen LogP contribution in [0.25, 0.3) is 0 Å². The van der Waals surface area contributed by atoms with Crippen LogP contribution in [0.5, 0.6) is 0 Å². The van der Waals surface area contributed by atoms with Gasteiger partial charge in [0.2, 0.25) is 0 Å². The molecule has 3 nitrogen and oxygen atoms in total. The molecule has 20 heavy (non-hydrogen) atoms. The van der Waals surface area contributed by atoms with Gasteiger partial charge in [0.15, 0.2) is 0 Å². The minimum absolute atomic E-state index is 0.316. The molecule has 2 aromatic rings. The second kappa shape index (κ2) is 5.10. The standard InChI is InChI=1S/C16H12ClNO2/c17-9-12-5-2-1-4-10(12)8-11-6-3-7-13-14(11)16(20)18-15(13)19/h1-7H,8-9H2,(H,18,19,20). The summed E-state index contributed by atoms with van der Waals surface area (Å²) < 4.78 is 0. The van der Waals surface area contributed by atoms with E-state index in [9.17, 15) is 9.59 Å². The smallest absolute Gasteiger partial charge is 0.259 e. The minimum Gasteiger partial charge on any atom is -0.288 e. The zero-order valence-electron chi connectivity index (χ0n) is 10.7. The molecule has 0 atom stereocenters. The van der Waals surface area contributed by atoms with Gasteiger partial charge in [-0.15, -0.1) is 11.6 Å². The minimum atomic E-state index is -0.322.